The molecule has 1 atom stereocenters. The summed E-state index contributed by atoms with van der Waals surface area (Å²) in [7, 11) is 0. The van der Waals surface area contributed by atoms with Gasteiger partial charge < -0.3 is 5.73 Å². The largest absolute Gasteiger partial charge is 0.330 e. The van der Waals surface area contributed by atoms with Crippen molar-refractivity contribution in [2.75, 3.05) is 12.3 Å². The van der Waals surface area contributed by atoms with Gasteiger partial charge in [0.05, 0.1) is 0 Å². The zero-order valence-corrected chi connectivity index (χ0v) is 6.62. The van der Waals surface area contributed by atoms with Crippen LogP contribution in [0, 0.1) is 0 Å². The van der Waals surface area contributed by atoms with Crippen LogP contribution in [0.4, 0.5) is 0 Å². The molecule has 1 nitrogen and oxygen atoms in total. The monoisotopic (exact) mass is 145 g/mol. The van der Waals surface area contributed by atoms with Crippen LogP contribution in [-0.4, -0.2) is 17.5 Å². The lowest BCUT2D eigenvalue weighted by Gasteiger charge is -2.04. The van der Waals surface area contributed by atoms with Gasteiger partial charge in [0.1, 0.15) is 0 Å². The first-order valence-electron chi connectivity index (χ1n) is 3.75. The average Bonchev–Trinajstić information content (AvgIpc) is 2.34. The standard InChI is InChI=1S/C7H15NS/c8-5-1-3-7-4-2-6-9-7/h7H,1-6,8H2. The minimum absolute atomic E-state index is 0.872. The van der Waals surface area contributed by atoms with Gasteiger partial charge in [-0.05, 0) is 38.0 Å². The summed E-state index contributed by atoms with van der Waals surface area (Å²) >= 11 is 2.13. The normalized spacial score (nSPS) is 27.0. The lowest BCUT2D eigenvalue weighted by molar-refractivity contribution is 0.677. The fourth-order valence-corrected chi connectivity index (χ4v) is 2.55. The van der Waals surface area contributed by atoms with Crippen LogP contribution in [0.15, 0.2) is 0 Å². The first-order chi connectivity index (χ1) is 4.43. The van der Waals surface area contributed by atoms with E-state index in [0.717, 1.165) is 11.8 Å². The summed E-state index contributed by atoms with van der Waals surface area (Å²) in [6, 6.07) is 0. The number of hydrogen-bond acceptors (Lipinski definition) is 2. The molecule has 54 valence electrons. The van der Waals surface area contributed by atoms with E-state index in [0.29, 0.717) is 0 Å². The molecular formula is C7H15NS. The quantitative estimate of drug-likeness (QED) is 0.653. The van der Waals surface area contributed by atoms with Gasteiger partial charge in [-0.2, -0.15) is 11.8 Å². The molecule has 1 aliphatic heterocycles. The Kier molecular flexibility index (Phi) is 3.44. The molecule has 0 bridgehead atoms. The molecule has 1 rings (SSSR count). The number of hydrogen-bond donors (Lipinski definition) is 1. The molecule has 9 heavy (non-hydrogen) atoms. The summed E-state index contributed by atoms with van der Waals surface area (Å²) in [5.41, 5.74) is 5.40. The molecule has 2 N–H and O–H groups in total. The summed E-state index contributed by atoms with van der Waals surface area (Å²) in [4.78, 5) is 0. The molecule has 0 aliphatic carbocycles. The highest BCUT2D eigenvalue weighted by Crippen LogP contribution is 2.29. The van der Waals surface area contributed by atoms with Crippen LogP contribution in [0.5, 0.6) is 0 Å². The van der Waals surface area contributed by atoms with Crippen molar-refractivity contribution in [1.82, 2.24) is 0 Å². The maximum atomic E-state index is 5.40. The van der Waals surface area contributed by atoms with Crippen molar-refractivity contribution in [2.45, 2.75) is 30.9 Å². The van der Waals surface area contributed by atoms with E-state index in [1.807, 2.05) is 0 Å². The molecule has 0 amide bonds. The van der Waals surface area contributed by atoms with Gasteiger partial charge in [-0.25, -0.2) is 0 Å². The lowest BCUT2D eigenvalue weighted by Crippen LogP contribution is -2.03. The second-order valence-corrected chi connectivity index (χ2v) is 3.97. The molecule has 0 aromatic heterocycles. The van der Waals surface area contributed by atoms with Gasteiger partial charge in [0.2, 0.25) is 0 Å². The van der Waals surface area contributed by atoms with Gasteiger partial charge in [0, 0.05) is 5.25 Å². The SMILES string of the molecule is NCCCC1CCCS1. The smallest absolute Gasteiger partial charge is 0.00478 e. The van der Waals surface area contributed by atoms with Crippen LogP contribution in [0.25, 0.3) is 0 Å². The molecule has 0 radical (unpaired) electrons. The van der Waals surface area contributed by atoms with Crippen LogP contribution in [0.3, 0.4) is 0 Å². The molecule has 1 saturated heterocycles. The molecule has 1 fully saturated rings. The molecular weight excluding hydrogens is 130 g/mol. The van der Waals surface area contributed by atoms with Crippen molar-refractivity contribution >= 4 is 11.8 Å². The maximum Gasteiger partial charge on any atom is 0.00478 e. The van der Waals surface area contributed by atoms with E-state index in [-0.39, 0.29) is 0 Å². The minimum atomic E-state index is 0.872. The Labute approximate surface area is 61.4 Å². The van der Waals surface area contributed by atoms with Gasteiger partial charge in [0.15, 0.2) is 0 Å². The zero-order valence-electron chi connectivity index (χ0n) is 5.81. The summed E-state index contributed by atoms with van der Waals surface area (Å²) in [6.45, 7) is 0.872. The van der Waals surface area contributed by atoms with Crippen LogP contribution < -0.4 is 5.73 Å². The van der Waals surface area contributed by atoms with Crippen molar-refractivity contribution in [1.29, 1.82) is 0 Å². The van der Waals surface area contributed by atoms with Gasteiger partial charge in [-0.3, -0.25) is 0 Å². The number of nitrogens with two attached hydrogens (primary N) is 1. The predicted molar refractivity (Wildman–Crippen MR) is 43.8 cm³/mol. The number of thioether (sulfide) groups is 1. The van der Waals surface area contributed by atoms with E-state index in [1.165, 1.54) is 31.4 Å². The average molecular weight is 145 g/mol. The predicted octanol–water partition coefficient (Wildman–Crippen LogP) is 1.62. The van der Waals surface area contributed by atoms with Gasteiger partial charge in [-0.15, -0.1) is 0 Å². The van der Waals surface area contributed by atoms with E-state index in [9.17, 15) is 0 Å². The van der Waals surface area contributed by atoms with E-state index in [4.69, 9.17) is 5.73 Å². The van der Waals surface area contributed by atoms with E-state index in [1.54, 1.807) is 0 Å². The van der Waals surface area contributed by atoms with Crippen LogP contribution >= 0.6 is 11.8 Å². The Morgan fingerprint density at radius 1 is 1.56 bits per heavy atom. The Morgan fingerprint density at radius 2 is 2.44 bits per heavy atom. The topological polar surface area (TPSA) is 26.0 Å². The van der Waals surface area contributed by atoms with Crippen molar-refractivity contribution in [3.05, 3.63) is 0 Å². The maximum absolute atomic E-state index is 5.40. The van der Waals surface area contributed by atoms with Gasteiger partial charge >= 0.3 is 0 Å². The van der Waals surface area contributed by atoms with E-state index in [2.05, 4.69) is 11.8 Å². The first kappa shape index (κ1) is 7.42. The van der Waals surface area contributed by atoms with Gasteiger partial charge in [0.25, 0.3) is 0 Å². The number of rotatable bonds is 3. The Morgan fingerprint density at radius 3 is 3.00 bits per heavy atom. The van der Waals surface area contributed by atoms with Crippen molar-refractivity contribution in [3.63, 3.8) is 0 Å². The van der Waals surface area contributed by atoms with Gasteiger partial charge in [-0.1, -0.05) is 0 Å². The molecule has 1 unspecified atom stereocenters. The second-order valence-electron chi connectivity index (χ2n) is 2.57. The summed E-state index contributed by atoms with van der Waals surface area (Å²) < 4.78 is 0. The molecule has 1 heterocycles. The Bertz CT molecular complexity index is 69.3. The fraction of sp³-hybridized carbons (Fsp3) is 1.00. The highest BCUT2D eigenvalue weighted by atomic mass is 32.2. The van der Waals surface area contributed by atoms with Crippen molar-refractivity contribution in [3.8, 4) is 0 Å². The highest BCUT2D eigenvalue weighted by molar-refractivity contribution is 8.00. The second kappa shape index (κ2) is 4.18. The molecule has 2 heteroatoms. The van der Waals surface area contributed by atoms with Crippen LogP contribution in [-0.2, 0) is 0 Å². The molecule has 0 aromatic carbocycles. The lowest BCUT2D eigenvalue weighted by atomic mass is 10.1. The van der Waals surface area contributed by atoms with Crippen molar-refractivity contribution < 1.29 is 0 Å². The first-order valence-corrected chi connectivity index (χ1v) is 4.80. The molecule has 1 aliphatic rings. The molecule has 0 aromatic rings. The minimum Gasteiger partial charge on any atom is -0.330 e. The fourth-order valence-electron chi connectivity index (χ4n) is 1.22. The summed E-state index contributed by atoms with van der Waals surface area (Å²) in [5.74, 6) is 1.38. The highest BCUT2D eigenvalue weighted by Gasteiger charge is 2.13. The van der Waals surface area contributed by atoms with E-state index >= 15 is 0 Å². The summed E-state index contributed by atoms with van der Waals surface area (Å²) in [5, 5.41) is 0.952. The Balaban J connectivity index is 1.98. The summed E-state index contributed by atoms with van der Waals surface area (Å²) in [6.07, 6.45) is 5.43. The molecule has 0 spiro atoms. The third kappa shape index (κ3) is 2.59. The third-order valence-electron chi connectivity index (χ3n) is 1.75. The van der Waals surface area contributed by atoms with Crippen LogP contribution in [0.2, 0.25) is 0 Å². The Hall–Kier alpha value is 0.310. The van der Waals surface area contributed by atoms with Crippen LogP contribution in [0.1, 0.15) is 25.7 Å². The zero-order chi connectivity index (χ0) is 6.53. The van der Waals surface area contributed by atoms with Crippen molar-refractivity contribution in [2.24, 2.45) is 5.73 Å². The third-order valence-corrected chi connectivity index (χ3v) is 3.22. The molecule has 0 saturated carbocycles. The van der Waals surface area contributed by atoms with E-state index < -0.39 is 0 Å².